The second kappa shape index (κ2) is 10.4. The average Bonchev–Trinajstić information content (AvgIpc) is 3.14. The Hall–Kier alpha value is -3.59. The number of halogens is 1. The van der Waals surface area contributed by atoms with Crippen molar-refractivity contribution in [2.75, 3.05) is 20.8 Å². The molecule has 10 heteroatoms. The largest absolute Gasteiger partial charge is 0.497 e. The van der Waals surface area contributed by atoms with Crippen molar-refractivity contribution < 1.29 is 23.8 Å². The van der Waals surface area contributed by atoms with E-state index < -0.39 is 24.5 Å². The van der Waals surface area contributed by atoms with Crippen molar-refractivity contribution in [3.8, 4) is 17.3 Å². The number of hydrogen-bond acceptors (Lipinski definition) is 7. The number of pyridine rings is 1. The standard InChI is InChI=1S/C23H25ClN4O5/c1-13-10-14(2)28(27-13)20-9-7-18(24)22(26-20)23(30)33-12-21(29)25-15(3)17-11-16(31-4)6-8-19(17)32-5/h6-11,15H,12H2,1-5H3,(H,25,29). The number of ether oxygens (including phenoxy) is 3. The van der Waals surface area contributed by atoms with Crippen LogP contribution in [-0.4, -0.2) is 47.5 Å². The lowest BCUT2D eigenvalue weighted by atomic mass is 10.1. The second-order valence-corrected chi connectivity index (χ2v) is 7.72. The van der Waals surface area contributed by atoms with Gasteiger partial charge in [0.1, 0.15) is 11.5 Å². The third kappa shape index (κ3) is 5.61. The van der Waals surface area contributed by atoms with Crippen LogP contribution in [0.3, 0.4) is 0 Å². The van der Waals surface area contributed by atoms with Crippen molar-refractivity contribution in [3.63, 3.8) is 0 Å². The molecular formula is C23H25ClN4O5. The molecule has 3 rings (SSSR count). The first-order chi connectivity index (χ1) is 15.7. The Balaban J connectivity index is 1.67. The summed E-state index contributed by atoms with van der Waals surface area (Å²) < 4.78 is 17.3. The minimum absolute atomic E-state index is 0.1000. The van der Waals surface area contributed by atoms with Gasteiger partial charge in [-0.3, -0.25) is 4.79 Å². The molecule has 0 bridgehead atoms. The molecule has 0 saturated carbocycles. The zero-order valence-electron chi connectivity index (χ0n) is 19.0. The fourth-order valence-corrected chi connectivity index (χ4v) is 3.47. The Kier molecular flexibility index (Phi) is 7.55. The lowest BCUT2D eigenvalue weighted by Gasteiger charge is -2.18. The van der Waals surface area contributed by atoms with Crippen LogP contribution in [0.25, 0.3) is 5.82 Å². The number of nitrogens with zero attached hydrogens (tertiary/aromatic N) is 3. The second-order valence-electron chi connectivity index (χ2n) is 7.31. The molecule has 0 spiro atoms. The van der Waals surface area contributed by atoms with E-state index in [9.17, 15) is 9.59 Å². The SMILES string of the molecule is COc1ccc(OC)c(C(C)NC(=O)COC(=O)c2nc(-n3nc(C)cc3C)ccc2Cl)c1. The topological polar surface area (TPSA) is 105 Å². The number of nitrogens with one attached hydrogen (secondary N) is 1. The van der Waals surface area contributed by atoms with Crippen LogP contribution in [0.4, 0.5) is 0 Å². The number of hydrogen-bond donors (Lipinski definition) is 1. The molecule has 33 heavy (non-hydrogen) atoms. The van der Waals surface area contributed by atoms with Gasteiger partial charge in [0.25, 0.3) is 5.91 Å². The zero-order valence-corrected chi connectivity index (χ0v) is 19.8. The summed E-state index contributed by atoms with van der Waals surface area (Å²) in [6.45, 7) is 5.01. The molecule has 1 unspecified atom stereocenters. The molecule has 2 heterocycles. The van der Waals surface area contributed by atoms with E-state index in [1.54, 1.807) is 50.1 Å². The Labute approximate surface area is 196 Å². The van der Waals surface area contributed by atoms with E-state index in [2.05, 4.69) is 15.4 Å². The number of carbonyl (C=O) groups is 2. The van der Waals surface area contributed by atoms with Crippen molar-refractivity contribution in [3.05, 3.63) is 64.1 Å². The molecule has 0 saturated heterocycles. The average molecular weight is 473 g/mol. The minimum atomic E-state index is -0.815. The van der Waals surface area contributed by atoms with Gasteiger partial charge in [-0.2, -0.15) is 5.10 Å². The predicted molar refractivity (Wildman–Crippen MR) is 122 cm³/mol. The van der Waals surface area contributed by atoms with Gasteiger partial charge < -0.3 is 19.5 Å². The monoisotopic (exact) mass is 472 g/mol. The Morgan fingerprint density at radius 2 is 1.88 bits per heavy atom. The van der Waals surface area contributed by atoms with Crippen LogP contribution in [0.2, 0.25) is 5.02 Å². The molecule has 0 aliphatic rings. The molecule has 0 aliphatic heterocycles. The maximum atomic E-state index is 12.6. The molecule has 0 fully saturated rings. The molecular weight excluding hydrogens is 448 g/mol. The van der Waals surface area contributed by atoms with Gasteiger partial charge in [-0.25, -0.2) is 14.5 Å². The van der Waals surface area contributed by atoms with Crippen molar-refractivity contribution in [2.45, 2.75) is 26.8 Å². The van der Waals surface area contributed by atoms with E-state index in [1.807, 2.05) is 19.9 Å². The normalized spacial score (nSPS) is 11.6. The van der Waals surface area contributed by atoms with Crippen LogP contribution in [-0.2, 0) is 9.53 Å². The first-order valence-electron chi connectivity index (χ1n) is 10.1. The summed E-state index contributed by atoms with van der Waals surface area (Å²) in [7, 11) is 3.09. The van der Waals surface area contributed by atoms with Crippen LogP contribution in [0, 0.1) is 13.8 Å². The van der Waals surface area contributed by atoms with Gasteiger partial charge in [0, 0.05) is 11.3 Å². The van der Waals surface area contributed by atoms with Gasteiger partial charge >= 0.3 is 5.97 Å². The highest BCUT2D eigenvalue weighted by Crippen LogP contribution is 2.29. The maximum absolute atomic E-state index is 12.6. The summed E-state index contributed by atoms with van der Waals surface area (Å²) in [6, 6.07) is 9.93. The Bertz CT molecular complexity index is 1180. The fourth-order valence-electron chi connectivity index (χ4n) is 3.29. The van der Waals surface area contributed by atoms with Crippen LogP contribution < -0.4 is 14.8 Å². The minimum Gasteiger partial charge on any atom is -0.497 e. The van der Waals surface area contributed by atoms with Crippen LogP contribution >= 0.6 is 11.6 Å². The third-order valence-electron chi connectivity index (χ3n) is 4.87. The highest BCUT2D eigenvalue weighted by atomic mass is 35.5. The van der Waals surface area contributed by atoms with E-state index in [-0.39, 0.29) is 10.7 Å². The molecule has 1 N–H and O–H groups in total. The smallest absolute Gasteiger partial charge is 0.359 e. The summed E-state index contributed by atoms with van der Waals surface area (Å²) in [4.78, 5) is 29.3. The maximum Gasteiger partial charge on any atom is 0.359 e. The van der Waals surface area contributed by atoms with Gasteiger partial charge in [0.2, 0.25) is 0 Å². The highest BCUT2D eigenvalue weighted by molar-refractivity contribution is 6.33. The number of aromatic nitrogens is 3. The summed E-state index contributed by atoms with van der Waals surface area (Å²) in [5.74, 6) is 0.330. The summed E-state index contributed by atoms with van der Waals surface area (Å²) in [5, 5.41) is 7.23. The molecule has 1 aromatic carbocycles. The van der Waals surface area contributed by atoms with E-state index in [1.165, 1.54) is 6.07 Å². The number of rotatable bonds is 8. The lowest BCUT2D eigenvalue weighted by molar-refractivity contribution is -0.124. The van der Waals surface area contributed by atoms with Crippen molar-refractivity contribution in [1.82, 2.24) is 20.1 Å². The van der Waals surface area contributed by atoms with Crippen LogP contribution in [0.15, 0.2) is 36.4 Å². The van der Waals surface area contributed by atoms with Crippen LogP contribution in [0.5, 0.6) is 11.5 Å². The molecule has 0 aliphatic carbocycles. The number of carbonyl (C=O) groups excluding carboxylic acids is 2. The lowest BCUT2D eigenvalue weighted by Crippen LogP contribution is -2.31. The number of amides is 1. The van der Waals surface area contributed by atoms with Crippen molar-refractivity contribution in [2.24, 2.45) is 0 Å². The fraction of sp³-hybridized carbons (Fsp3) is 0.304. The van der Waals surface area contributed by atoms with E-state index in [0.29, 0.717) is 17.3 Å². The quantitative estimate of drug-likeness (QED) is 0.499. The van der Waals surface area contributed by atoms with E-state index in [4.69, 9.17) is 25.8 Å². The van der Waals surface area contributed by atoms with Crippen molar-refractivity contribution >= 4 is 23.5 Å². The first kappa shape index (κ1) is 24.1. The van der Waals surface area contributed by atoms with Gasteiger partial charge in [-0.1, -0.05) is 11.6 Å². The molecule has 174 valence electrons. The third-order valence-corrected chi connectivity index (χ3v) is 5.17. The predicted octanol–water partition coefficient (Wildman–Crippen LogP) is 3.59. The van der Waals surface area contributed by atoms with Crippen LogP contribution in [0.1, 0.15) is 40.4 Å². The first-order valence-corrected chi connectivity index (χ1v) is 10.5. The number of benzene rings is 1. The Morgan fingerprint density at radius 1 is 1.12 bits per heavy atom. The van der Waals surface area contributed by atoms with E-state index >= 15 is 0 Å². The van der Waals surface area contributed by atoms with Gasteiger partial charge in [-0.05, 0) is 57.2 Å². The molecule has 3 aromatic rings. The van der Waals surface area contributed by atoms with Gasteiger partial charge in [0.05, 0.1) is 31.0 Å². The summed E-state index contributed by atoms with van der Waals surface area (Å²) in [5.41, 5.74) is 2.28. The molecule has 1 atom stereocenters. The Morgan fingerprint density at radius 3 is 2.52 bits per heavy atom. The number of esters is 1. The molecule has 9 nitrogen and oxygen atoms in total. The molecule has 0 radical (unpaired) electrons. The zero-order chi connectivity index (χ0) is 24.1. The van der Waals surface area contributed by atoms with E-state index in [0.717, 1.165) is 17.0 Å². The number of methoxy groups -OCH3 is 2. The summed E-state index contributed by atoms with van der Waals surface area (Å²) in [6.07, 6.45) is 0. The molecule has 1 amide bonds. The highest BCUT2D eigenvalue weighted by Gasteiger charge is 2.20. The van der Waals surface area contributed by atoms with Gasteiger partial charge in [0.15, 0.2) is 18.1 Å². The molecule has 2 aromatic heterocycles. The summed E-state index contributed by atoms with van der Waals surface area (Å²) >= 11 is 6.15. The van der Waals surface area contributed by atoms with Crippen molar-refractivity contribution in [1.29, 1.82) is 0 Å². The number of aryl methyl sites for hydroxylation is 2. The van der Waals surface area contributed by atoms with Gasteiger partial charge in [-0.15, -0.1) is 0 Å².